The summed E-state index contributed by atoms with van der Waals surface area (Å²) in [7, 11) is 8.94. The predicted molar refractivity (Wildman–Crippen MR) is 88.7 cm³/mol. The highest BCUT2D eigenvalue weighted by atomic mass is 16.5. The highest BCUT2D eigenvalue weighted by Gasteiger charge is 2.09. The Balaban J connectivity index is 2.30. The van der Waals surface area contributed by atoms with E-state index in [9.17, 15) is 0 Å². The van der Waals surface area contributed by atoms with Gasteiger partial charge in [0.15, 0.2) is 5.82 Å². The van der Waals surface area contributed by atoms with Gasteiger partial charge in [-0.05, 0) is 0 Å². The number of methoxy groups -OCH3 is 2. The maximum Gasteiger partial charge on any atom is 0.229 e. The Bertz CT molecular complexity index is 624. The lowest BCUT2D eigenvalue weighted by molar-refractivity contribution is 0.395. The summed E-state index contributed by atoms with van der Waals surface area (Å²) in [6, 6.07) is 5.51. The number of nitrogens with one attached hydrogen (secondary N) is 2. The third-order valence-electron chi connectivity index (χ3n) is 3.10. The van der Waals surface area contributed by atoms with Crippen LogP contribution in [0.5, 0.6) is 11.5 Å². The van der Waals surface area contributed by atoms with Gasteiger partial charge in [-0.15, -0.1) is 0 Å². The molecule has 0 unspecified atom stereocenters. The van der Waals surface area contributed by atoms with Crippen molar-refractivity contribution in [1.82, 2.24) is 9.97 Å². The summed E-state index contributed by atoms with van der Waals surface area (Å²) in [5, 5.41) is 6.22. The molecule has 0 radical (unpaired) electrons. The van der Waals surface area contributed by atoms with Gasteiger partial charge < -0.3 is 25.0 Å². The largest absolute Gasteiger partial charge is 0.497 e. The Hall–Kier alpha value is -2.70. The van der Waals surface area contributed by atoms with E-state index >= 15 is 0 Å². The molecular weight excluding hydrogens is 282 g/mol. The number of benzene rings is 1. The molecule has 22 heavy (non-hydrogen) atoms. The highest BCUT2D eigenvalue weighted by molar-refractivity contribution is 5.67. The molecule has 7 nitrogen and oxygen atoms in total. The van der Waals surface area contributed by atoms with E-state index in [-0.39, 0.29) is 0 Å². The van der Waals surface area contributed by atoms with Crippen LogP contribution in [-0.2, 0) is 0 Å². The molecule has 0 atom stereocenters. The summed E-state index contributed by atoms with van der Waals surface area (Å²) in [5.41, 5.74) is 1.70. The number of rotatable bonds is 6. The molecule has 1 aromatic heterocycles. The van der Waals surface area contributed by atoms with Crippen molar-refractivity contribution in [3.8, 4) is 11.5 Å². The average molecular weight is 303 g/mol. The van der Waals surface area contributed by atoms with Crippen LogP contribution in [0.2, 0.25) is 0 Å². The lowest BCUT2D eigenvalue weighted by Gasteiger charge is -2.17. The van der Waals surface area contributed by atoms with E-state index in [4.69, 9.17) is 9.47 Å². The molecule has 0 aliphatic carbocycles. The van der Waals surface area contributed by atoms with Gasteiger partial charge in [-0.1, -0.05) is 0 Å². The first-order valence-electron chi connectivity index (χ1n) is 6.79. The summed E-state index contributed by atoms with van der Waals surface area (Å²) in [4.78, 5) is 10.7. The Kier molecular flexibility index (Phi) is 4.88. The number of aromatic nitrogens is 2. The number of hydrogen-bond donors (Lipinski definition) is 2. The molecule has 0 saturated heterocycles. The fraction of sp³-hybridized carbons (Fsp3) is 0.333. The lowest BCUT2D eigenvalue weighted by Crippen LogP contribution is -2.13. The molecule has 1 aromatic carbocycles. The van der Waals surface area contributed by atoms with Crippen molar-refractivity contribution in [3.63, 3.8) is 0 Å². The van der Waals surface area contributed by atoms with Gasteiger partial charge >= 0.3 is 0 Å². The minimum absolute atomic E-state index is 0.491. The van der Waals surface area contributed by atoms with E-state index in [0.717, 1.165) is 17.2 Å². The van der Waals surface area contributed by atoms with Gasteiger partial charge in [0.1, 0.15) is 11.5 Å². The topological polar surface area (TPSA) is 71.5 Å². The monoisotopic (exact) mass is 303 g/mol. The molecule has 0 bridgehead atoms. The SMILES string of the molecule is CNc1nc(Nc2cc(OC)cc(OC)c2)ncc1N(C)C. The maximum atomic E-state index is 5.25. The van der Waals surface area contributed by atoms with Gasteiger partial charge in [0, 0.05) is 45.0 Å². The fourth-order valence-electron chi connectivity index (χ4n) is 1.96. The molecule has 0 fully saturated rings. The van der Waals surface area contributed by atoms with Crippen molar-refractivity contribution in [1.29, 1.82) is 0 Å². The van der Waals surface area contributed by atoms with Crippen molar-refractivity contribution in [2.75, 3.05) is 50.9 Å². The van der Waals surface area contributed by atoms with Gasteiger partial charge in [0.2, 0.25) is 5.95 Å². The van der Waals surface area contributed by atoms with E-state index < -0.39 is 0 Å². The Labute approximate surface area is 130 Å². The molecule has 0 aliphatic heterocycles. The van der Waals surface area contributed by atoms with Gasteiger partial charge in [-0.3, -0.25) is 0 Å². The van der Waals surface area contributed by atoms with Crippen LogP contribution in [0.3, 0.4) is 0 Å². The maximum absolute atomic E-state index is 5.25. The van der Waals surface area contributed by atoms with Crippen LogP contribution >= 0.6 is 0 Å². The Morgan fingerprint density at radius 2 is 1.68 bits per heavy atom. The van der Waals surface area contributed by atoms with Crippen molar-refractivity contribution in [2.45, 2.75) is 0 Å². The third-order valence-corrected chi connectivity index (χ3v) is 3.10. The second kappa shape index (κ2) is 6.84. The van der Waals surface area contributed by atoms with E-state index in [2.05, 4.69) is 20.6 Å². The fourth-order valence-corrected chi connectivity index (χ4v) is 1.96. The van der Waals surface area contributed by atoms with E-state index in [1.807, 2.05) is 38.2 Å². The predicted octanol–water partition coefficient (Wildman–Crippen LogP) is 2.35. The van der Waals surface area contributed by atoms with Crippen molar-refractivity contribution < 1.29 is 9.47 Å². The summed E-state index contributed by atoms with van der Waals surface area (Å²) in [6.45, 7) is 0. The Morgan fingerprint density at radius 1 is 1.05 bits per heavy atom. The molecule has 0 amide bonds. The van der Waals surface area contributed by atoms with Crippen LogP contribution in [0.4, 0.5) is 23.1 Å². The van der Waals surface area contributed by atoms with Gasteiger partial charge in [-0.25, -0.2) is 4.98 Å². The molecule has 0 saturated carbocycles. The zero-order chi connectivity index (χ0) is 16.1. The summed E-state index contributed by atoms with van der Waals surface area (Å²) >= 11 is 0. The molecule has 2 N–H and O–H groups in total. The number of nitrogens with zero attached hydrogens (tertiary/aromatic N) is 3. The smallest absolute Gasteiger partial charge is 0.229 e. The highest BCUT2D eigenvalue weighted by Crippen LogP contribution is 2.28. The first kappa shape index (κ1) is 15.7. The van der Waals surface area contributed by atoms with Crippen LogP contribution in [-0.4, -0.2) is 45.3 Å². The third kappa shape index (κ3) is 3.49. The van der Waals surface area contributed by atoms with E-state index in [1.54, 1.807) is 26.5 Å². The summed E-state index contributed by atoms with van der Waals surface area (Å²) in [5.74, 6) is 2.63. The minimum Gasteiger partial charge on any atom is -0.497 e. The van der Waals surface area contributed by atoms with Gasteiger partial charge in [-0.2, -0.15) is 4.98 Å². The number of ether oxygens (including phenoxy) is 2. The zero-order valence-corrected chi connectivity index (χ0v) is 13.5. The van der Waals surface area contributed by atoms with E-state index in [1.165, 1.54) is 0 Å². The van der Waals surface area contributed by atoms with Crippen LogP contribution in [0.25, 0.3) is 0 Å². The molecule has 0 spiro atoms. The Morgan fingerprint density at radius 3 is 2.18 bits per heavy atom. The van der Waals surface area contributed by atoms with Crippen LogP contribution in [0, 0.1) is 0 Å². The quantitative estimate of drug-likeness (QED) is 0.848. The molecule has 2 aromatic rings. The van der Waals surface area contributed by atoms with Crippen LogP contribution < -0.4 is 25.0 Å². The van der Waals surface area contributed by atoms with Crippen LogP contribution in [0.15, 0.2) is 24.4 Å². The molecule has 2 rings (SSSR count). The minimum atomic E-state index is 0.491. The number of anilines is 4. The van der Waals surface area contributed by atoms with Crippen LogP contribution in [0.1, 0.15) is 0 Å². The molecule has 118 valence electrons. The van der Waals surface area contributed by atoms with Crippen molar-refractivity contribution >= 4 is 23.1 Å². The molecule has 1 heterocycles. The number of hydrogen-bond acceptors (Lipinski definition) is 7. The van der Waals surface area contributed by atoms with Crippen molar-refractivity contribution in [2.24, 2.45) is 0 Å². The van der Waals surface area contributed by atoms with Gasteiger partial charge in [0.25, 0.3) is 0 Å². The summed E-state index contributed by atoms with van der Waals surface area (Å²) < 4.78 is 10.5. The zero-order valence-electron chi connectivity index (χ0n) is 13.5. The average Bonchev–Trinajstić information content (AvgIpc) is 2.53. The molecular formula is C15H21N5O2. The first-order valence-corrected chi connectivity index (χ1v) is 6.79. The first-order chi connectivity index (χ1) is 10.6. The van der Waals surface area contributed by atoms with E-state index in [0.29, 0.717) is 17.4 Å². The standard InChI is InChI=1S/C15H21N5O2/c1-16-14-13(20(2)3)9-17-15(19-14)18-10-6-11(21-4)8-12(7-10)22-5/h6-9H,1-5H3,(H2,16,17,18,19). The molecule has 7 heteroatoms. The summed E-state index contributed by atoms with van der Waals surface area (Å²) in [6.07, 6.45) is 1.76. The van der Waals surface area contributed by atoms with Crippen molar-refractivity contribution in [3.05, 3.63) is 24.4 Å². The second-order valence-electron chi connectivity index (χ2n) is 4.80. The lowest BCUT2D eigenvalue weighted by atomic mass is 10.3. The molecule has 0 aliphatic rings. The second-order valence-corrected chi connectivity index (χ2v) is 4.80. The normalized spacial score (nSPS) is 10.0. The van der Waals surface area contributed by atoms with Gasteiger partial charge in [0.05, 0.1) is 26.1 Å².